The van der Waals surface area contributed by atoms with Gasteiger partial charge in [0, 0.05) is 6.54 Å². The second kappa shape index (κ2) is 11.8. The fraction of sp³-hybridized carbons (Fsp3) is 0.667. The molecule has 0 saturated carbocycles. The normalized spacial score (nSPS) is 35.4. The van der Waals surface area contributed by atoms with Crippen LogP contribution in [-0.4, -0.2) is 132 Å². The lowest BCUT2D eigenvalue weighted by molar-refractivity contribution is -0.336. The van der Waals surface area contributed by atoms with Crippen molar-refractivity contribution in [3.05, 3.63) is 24.3 Å². The van der Waals surface area contributed by atoms with Gasteiger partial charge in [0.2, 0.25) is 0 Å². The van der Waals surface area contributed by atoms with E-state index in [1.54, 1.807) is 6.92 Å². The smallest absolute Gasteiger partial charge is 0.187 e. The highest BCUT2D eigenvalue weighted by Crippen LogP contribution is 2.30. The van der Waals surface area contributed by atoms with Crippen LogP contribution in [0.3, 0.4) is 0 Å². The van der Waals surface area contributed by atoms with Crippen molar-refractivity contribution >= 4 is 17.0 Å². The minimum absolute atomic E-state index is 0.0341. The van der Waals surface area contributed by atoms with Crippen molar-refractivity contribution < 1.29 is 49.6 Å². The SMILES string of the molecule is C/C(=C\CNc1ncnc2nc[nH]c12)CO[C@H]1O[C@H](CO)[C@@H](O)[C@H](O)[C@H]1OC1O[C@H](CO)[C@@H](O)[C@H]1O. The molecule has 2 aliphatic heterocycles. The number of nitrogens with zero attached hydrogens (tertiary/aromatic N) is 3. The molecule has 0 radical (unpaired) electrons. The van der Waals surface area contributed by atoms with Gasteiger partial charge in [-0.3, -0.25) is 0 Å². The van der Waals surface area contributed by atoms with E-state index in [-0.39, 0.29) is 6.61 Å². The van der Waals surface area contributed by atoms with Crippen molar-refractivity contribution in [3.8, 4) is 0 Å². The summed E-state index contributed by atoms with van der Waals surface area (Å²) in [5.41, 5.74) is 1.97. The van der Waals surface area contributed by atoms with Gasteiger partial charge in [0.05, 0.1) is 26.1 Å². The molecule has 9 atom stereocenters. The standard InChI is InChI=1S/C21H31N5O10/c1-9(2-3-22-18-12-19(24-7-23-12)26-8-25-18)6-33-21-17(15(31)13(29)10(4-27)35-21)36-20-16(32)14(30)11(5-28)34-20/h2,7-8,10-11,13-17,20-21,27-32H,3-6H2,1H3,(H2,22,23,24,25,26)/b9-2+/t10-,11-,13-,14-,15+,16-,17-,20?,21+/m1/s1. The zero-order valence-electron chi connectivity index (χ0n) is 19.4. The van der Waals surface area contributed by atoms with Gasteiger partial charge in [0.1, 0.15) is 54.6 Å². The lowest BCUT2D eigenvalue weighted by atomic mass is 9.99. The molecule has 0 bridgehead atoms. The first-order valence-electron chi connectivity index (χ1n) is 11.4. The lowest BCUT2D eigenvalue weighted by Gasteiger charge is -2.42. The van der Waals surface area contributed by atoms with Crippen LogP contribution in [0.4, 0.5) is 5.82 Å². The highest BCUT2D eigenvalue weighted by Gasteiger charge is 2.50. The van der Waals surface area contributed by atoms with E-state index < -0.39 is 68.5 Å². The minimum Gasteiger partial charge on any atom is -0.394 e. The van der Waals surface area contributed by atoms with Crippen LogP contribution in [0.2, 0.25) is 0 Å². The van der Waals surface area contributed by atoms with Crippen molar-refractivity contribution in [3.63, 3.8) is 0 Å². The quantitative estimate of drug-likeness (QED) is 0.148. The van der Waals surface area contributed by atoms with Crippen molar-refractivity contribution in [2.75, 3.05) is 31.7 Å². The van der Waals surface area contributed by atoms with E-state index in [4.69, 9.17) is 18.9 Å². The second-order valence-corrected chi connectivity index (χ2v) is 8.58. The largest absolute Gasteiger partial charge is 0.394 e. The summed E-state index contributed by atoms with van der Waals surface area (Å²) >= 11 is 0. The van der Waals surface area contributed by atoms with Gasteiger partial charge in [0.15, 0.2) is 24.0 Å². The molecule has 0 aliphatic carbocycles. The fourth-order valence-corrected chi connectivity index (χ4v) is 3.96. The van der Waals surface area contributed by atoms with E-state index in [0.717, 1.165) is 5.57 Å². The number of anilines is 1. The number of rotatable bonds is 10. The Morgan fingerprint density at radius 2 is 1.69 bits per heavy atom. The summed E-state index contributed by atoms with van der Waals surface area (Å²) < 4.78 is 22.3. The van der Waals surface area contributed by atoms with E-state index in [2.05, 4.69) is 25.3 Å². The van der Waals surface area contributed by atoms with E-state index in [0.29, 0.717) is 23.5 Å². The summed E-state index contributed by atoms with van der Waals surface area (Å²) in [6, 6.07) is 0. The second-order valence-electron chi connectivity index (χ2n) is 8.58. The third-order valence-corrected chi connectivity index (χ3v) is 6.03. The number of aromatic amines is 1. The molecule has 36 heavy (non-hydrogen) atoms. The maximum absolute atomic E-state index is 10.6. The van der Waals surface area contributed by atoms with Crippen molar-refractivity contribution in [2.45, 2.75) is 62.2 Å². The monoisotopic (exact) mass is 513 g/mol. The van der Waals surface area contributed by atoms with E-state index in [1.165, 1.54) is 12.7 Å². The summed E-state index contributed by atoms with van der Waals surface area (Å²) in [5.74, 6) is 0.577. The Morgan fingerprint density at radius 3 is 2.42 bits per heavy atom. The first-order chi connectivity index (χ1) is 17.3. The molecular weight excluding hydrogens is 482 g/mol. The van der Waals surface area contributed by atoms with Crippen molar-refractivity contribution in [2.24, 2.45) is 0 Å². The van der Waals surface area contributed by atoms with Gasteiger partial charge in [-0.05, 0) is 12.5 Å². The van der Waals surface area contributed by atoms with Crippen molar-refractivity contribution in [1.82, 2.24) is 19.9 Å². The number of aliphatic hydroxyl groups excluding tert-OH is 6. The Hall–Kier alpha value is -2.31. The Balaban J connectivity index is 1.38. The zero-order chi connectivity index (χ0) is 25.8. The third-order valence-electron chi connectivity index (χ3n) is 6.03. The van der Waals surface area contributed by atoms with Gasteiger partial charge >= 0.3 is 0 Å². The molecule has 15 heteroatoms. The number of H-pyrrole nitrogens is 1. The van der Waals surface area contributed by atoms with Crippen LogP contribution in [0.1, 0.15) is 6.92 Å². The fourth-order valence-electron chi connectivity index (χ4n) is 3.96. The molecule has 2 aromatic rings. The van der Waals surface area contributed by atoms with E-state index in [1.807, 2.05) is 6.08 Å². The van der Waals surface area contributed by atoms with E-state index >= 15 is 0 Å². The van der Waals surface area contributed by atoms with Crippen LogP contribution in [0.5, 0.6) is 0 Å². The van der Waals surface area contributed by atoms with Gasteiger partial charge < -0.3 is 59.9 Å². The van der Waals surface area contributed by atoms with Crippen LogP contribution in [-0.2, 0) is 18.9 Å². The molecule has 200 valence electrons. The zero-order valence-corrected chi connectivity index (χ0v) is 19.4. The topological polar surface area (TPSA) is 225 Å². The van der Waals surface area contributed by atoms with Crippen LogP contribution in [0.25, 0.3) is 11.2 Å². The number of hydrogen-bond donors (Lipinski definition) is 8. The van der Waals surface area contributed by atoms with Gasteiger partial charge in [-0.25, -0.2) is 15.0 Å². The average Bonchev–Trinajstić information content (AvgIpc) is 3.47. The van der Waals surface area contributed by atoms with Gasteiger partial charge in [0.25, 0.3) is 0 Å². The number of nitrogens with one attached hydrogen (secondary N) is 2. The van der Waals surface area contributed by atoms with E-state index in [9.17, 15) is 30.6 Å². The lowest BCUT2D eigenvalue weighted by Crippen LogP contribution is -2.61. The molecule has 4 rings (SSSR count). The molecule has 2 fully saturated rings. The predicted octanol–water partition coefficient (Wildman–Crippen LogP) is -3.01. The highest BCUT2D eigenvalue weighted by atomic mass is 16.8. The van der Waals surface area contributed by atoms with Crippen LogP contribution >= 0.6 is 0 Å². The minimum atomic E-state index is -1.57. The number of imidazole rings is 1. The summed E-state index contributed by atoms with van der Waals surface area (Å²) in [6.07, 6.45) is -7.49. The summed E-state index contributed by atoms with van der Waals surface area (Å²) in [4.78, 5) is 15.3. The predicted molar refractivity (Wildman–Crippen MR) is 120 cm³/mol. The molecular formula is C21H31N5O10. The maximum Gasteiger partial charge on any atom is 0.187 e. The van der Waals surface area contributed by atoms with Crippen LogP contribution < -0.4 is 5.32 Å². The molecule has 2 aliphatic rings. The molecule has 0 spiro atoms. The summed E-state index contributed by atoms with van der Waals surface area (Å²) in [7, 11) is 0. The first-order valence-corrected chi connectivity index (χ1v) is 11.4. The number of aromatic nitrogens is 4. The summed E-state index contributed by atoms with van der Waals surface area (Å²) in [6.45, 7) is 1.09. The molecule has 2 aromatic heterocycles. The Labute approximate surface area is 205 Å². The summed E-state index contributed by atoms with van der Waals surface area (Å²) in [5, 5.41) is 63.0. The number of ether oxygens (including phenoxy) is 4. The highest BCUT2D eigenvalue weighted by molar-refractivity contribution is 5.81. The van der Waals surface area contributed by atoms with Gasteiger partial charge in [-0.1, -0.05) is 6.08 Å². The Morgan fingerprint density at radius 1 is 1.00 bits per heavy atom. The van der Waals surface area contributed by atoms with Crippen LogP contribution in [0, 0.1) is 0 Å². The first kappa shape index (κ1) is 26.7. The molecule has 0 amide bonds. The molecule has 0 aromatic carbocycles. The molecule has 1 unspecified atom stereocenters. The third kappa shape index (κ3) is 5.65. The van der Waals surface area contributed by atoms with Crippen molar-refractivity contribution in [1.29, 1.82) is 0 Å². The Kier molecular flexibility index (Phi) is 8.78. The molecule has 4 heterocycles. The maximum atomic E-state index is 10.6. The van der Waals surface area contributed by atoms with Gasteiger partial charge in [-0.2, -0.15) is 0 Å². The number of hydrogen-bond acceptors (Lipinski definition) is 14. The van der Waals surface area contributed by atoms with Gasteiger partial charge in [-0.15, -0.1) is 0 Å². The molecule has 2 saturated heterocycles. The average molecular weight is 514 g/mol. The number of aliphatic hydroxyl groups is 6. The Bertz CT molecular complexity index is 1020. The number of fused-ring (bicyclic) bond motifs is 1. The molecule has 8 N–H and O–H groups in total. The van der Waals surface area contributed by atoms with Crippen LogP contribution in [0.15, 0.2) is 24.3 Å². The molecule has 15 nitrogen and oxygen atoms in total.